The standard InChI is InChI=1S/C19H21Cl2N9O2/c1-11-5-2-3-8-29(11)10-15-16(24-28-30(15)18-17(22)26-32-27-18)19(31)25-23-9-12-13(20)6-4-7-14(12)21/h4,6-7,9,11H,2-3,5,8,10H2,1H3,(H2,22,26)(H,25,31)/b23-9-. The van der Waals surface area contributed by atoms with Crippen LogP contribution in [0.5, 0.6) is 0 Å². The molecule has 1 atom stereocenters. The van der Waals surface area contributed by atoms with Crippen molar-refractivity contribution in [3.63, 3.8) is 0 Å². The number of hydrogen-bond acceptors (Lipinski definition) is 9. The number of hydrogen-bond donors (Lipinski definition) is 2. The summed E-state index contributed by atoms with van der Waals surface area (Å²) in [6, 6.07) is 5.42. The molecule has 1 aliphatic heterocycles. The molecule has 1 unspecified atom stereocenters. The smallest absolute Gasteiger partial charge is 0.293 e. The van der Waals surface area contributed by atoms with Crippen molar-refractivity contribution in [1.82, 2.24) is 35.6 Å². The highest BCUT2D eigenvalue weighted by atomic mass is 35.5. The summed E-state index contributed by atoms with van der Waals surface area (Å²) in [5, 5.41) is 20.3. The van der Waals surface area contributed by atoms with Gasteiger partial charge in [-0.15, -0.1) is 5.10 Å². The highest BCUT2D eigenvalue weighted by Gasteiger charge is 2.28. The van der Waals surface area contributed by atoms with Crippen molar-refractivity contribution in [2.24, 2.45) is 5.10 Å². The minimum absolute atomic E-state index is 0.0428. The van der Waals surface area contributed by atoms with E-state index in [2.05, 4.69) is 43.0 Å². The van der Waals surface area contributed by atoms with E-state index in [4.69, 9.17) is 33.6 Å². The van der Waals surface area contributed by atoms with Crippen molar-refractivity contribution >= 4 is 41.1 Å². The van der Waals surface area contributed by atoms with Gasteiger partial charge in [-0.3, -0.25) is 9.69 Å². The van der Waals surface area contributed by atoms with Crippen LogP contribution in [0, 0.1) is 0 Å². The molecular formula is C19H21Cl2N9O2. The Labute approximate surface area is 193 Å². The van der Waals surface area contributed by atoms with Crippen LogP contribution in [0.3, 0.4) is 0 Å². The van der Waals surface area contributed by atoms with Gasteiger partial charge < -0.3 is 5.73 Å². The summed E-state index contributed by atoms with van der Waals surface area (Å²) in [6.07, 6.45) is 4.69. The van der Waals surface area contributed by atoms with Crippen molar-refractivity contribution in [1.29, 1.82) is 0 Å². The van der Waals surface area contributed by atoms with Gasteiger partial charge in [0.15, 0.2) is 5.69 Å². The summed E-state index contributed by atoms with van der Waals surface area (Å²) in [4.78, 5) is 15.2. The zero-order valence-electron chi connectivity index (χ0n) is 17.2. The van der Waals surface area contributed by atoms with Crippen LogP contribution in [0.1, 0.15) is 47.9 Å². The Morgan fingerprint density at radius 3 is 2.81 bits per heavy atom. The molecule has 1 aliphatic rings. The molecule has 3 N–H and O–H groups in total. The Bertz CT molecular complexity index is 1120. The van der Waals surface area contributed by atoms with Gasteiger partial charge in [-0.25, -0.2) is 10.1 Å². The lowest BCUT2D eigenvalue weighted by molar-refractivity contribution is 0.0945. The third-order valence-electron chi connectivity index (χ3n) is 5.33. The molecule has 1 saturated heterocycles. The Hall–Kier alpha value is -3.02. The van der Waals surface area contributed by atoms with E-state index < -0.39 is 5.91 Å². The molecule has 11 nitrogen and oxygen atoms in total. The van der Waals surface area contributed by atoms with Crippen LogP contribution in [-0.2, 0) is 6.54 Å². The summed E-state index contributed by atoms with van der Waals surface area (Å²) >= 11 is 12.3. The second-order valence-corrected chi connectivity index (χ2v) is 8.23. The van der Waals surface area contributed by atoms with Gasteiger partial charge in [0.05, 0.1) is 22.0 Å². The van der Waals surface area contributed by atoms with Crippen molar-refractivity contribution in [2.45, 2.75) is 38.8 Å². The monoisotopic (exact) mass is 477 g/mol. The predicted molar refractivity (Wildman–Crippen MR) is 119 cm³/mol. The van der Waals surface area contributed by atoms with Crippen molar-refractivity contribution in [2.75, 3.05) is 12.3 Å². The molecule has 4 rings (SSSR count). The van der Waals surface area contributed by atoms with E-state index in [0.29, 0.717) is 33.9 Å². The number of amides is 1. The summed E-state index contributed by atoms with van der Waals surface area (Å²) in [7, 11) is 0. The number of nitrogens with one attached hydrogen (secondary N) is 1. The zero-order valence-corrected chi connectivity index (χ0v) is 18.7. The Morgan fingerprint density at radius 2 is 2.12 bits per heavy atom. The summed E-state index contributed by atoms with van der Waals surface area (Å²) in [6.45, 7) is 3.46. The van der Waals surface area contributed by atoms with E-state index in [1.807, 2.05) is 0 Å². The number of nitrogens with two attached hydrogens (primary N) is 1. The molecule has 0 spiro atoms. The van der Waals surface area contributed by atoms with Gasteiger partial charge in [0.25, 0.3) is 5.91 Å². The zero-order chi connectivity index (χ0) is 22.7. The fourth-order valence-corrected chi connectivity index (χ4v) is 4.05. The minimum atomic E-state index is -0.551. The molecule has 13 heteroatoms. The minimum Gasteiger partial charge on any atom is -0.378 e. The van der Waals surface area contributed by atoms with Crippen LogP contribution in [-0.4, -0.2) is 54.9 Å². The number of carbonyl (C=O) groups is 1. The molecule has 0 saturated carbocycles. The number of nitrogens with zero attached hydrogens (tertiary/aromatic N) is 7. The number of rotatable bonds is 6. The topological polar surface area (TPSA) is 140 Å². The van der Waals surface area contributed by atoms with Gasteiger partial charge in [-0.2, -0.15) is 9.78 Å². The average molecular weight is 478 g/mol. The molecule has 0 bridgehead atoms. The van der Waals surface area contributed by atoms with Crippen LogP contribution in [0.25, 0.3) is 5.82 Å². The van der Waals surface area contributed by atoms with Crippen LogP contribution in [0.2, 0.25) is 10.0 Å². The molecule has 1 aromatic carbocycles. The van der Waals surface area contributed by atoms with E-state index in [0.717, 1.165) is 19.4 Å². The number of likely N-dealkylation sites (tertiary alicyclic amines) is 1. The van der Waals surface area contributed by atoms with Gasteiger partial charge in [-0.05, 0) is 48.8 Å². The summed E-state index contributed by atoms with van der Waals surface area (Å²) in [5.41, 5.74) is 9.38. The first-order chi connectivity index (χ1) is 15.5. The highest BCUT2D eigenvalue weighted by Crippen LogP contribution is 2.24. The number of piperidine rings is 1. The van der Waals surface area contributed by atoms with E-state index in [-0.39, 0.29) is 17.3 Å². The summed E-state index contributed by atoms with van der Waals surface area (Å²) in [5.74, 6) is -0.339. The number of halogens is 2. The molecule has 3 aromatic rings. The predicted octanol–water partition coefficient (Wildman–Crippen LogP) is 2.68. The van der Waals surface area contributed by atoms with Gasteiger partial charge in [0, 0.05) is 18.2 Å². The van der Waals surface area contributed by atoms with Crippen molar-refractivity contribution < 1.29 is 9.42 Å². The van der Waals surface area contributed by atoms with E-state index in [9.17, 15) is 4.79 Å². The lowest BCUT2D eigenvalue weighted by atomic mass is 10.0. The fraction of sp³-hybridized carbons (Fsp3) is 0.368. The highest BCUT2D eigenvalue weighted by molar-refractivity contribution is 6.38. The number of benzene rings is 1. The van der Waals surface area contributed by atoms with Gasteiger partial charge in [0.1, 0.15) is 0 Å². The number of anilines is 1. The normalized spacial score (nSPS) is 17.2. The first kappa shape index (κ1) is 22.2. The first-order valence-corrected chi connectivity index (χ1v) is 10.8. The largest absolute Gasteiger partial charge is 0.378 e. The molecule has 3 heterocycles. The third-order valence-corrected chi connectivity index (χ3v) is 5.99. The fourth-order valence-electron chi connectivity index (χ4n) is 3.56. The Kier molecular flexibility index (Phi) is 6.68. The lowest BCUT2D eigenvalue weighted by Crippen LogP contribution is -2.38. The average Bonchev–Trinajstić information content (AvgIpc) is 3.37. The second-order valence-electron chi connectivity index (χ2n) is 7.42. The number of aromatic nitrogens is 5. The molecule has 0 radical (unpaired) electrons. The van der Waals surface area contributed by atoms with Crippen LogP contribution in [0.4, 0.5) is 5.82 Å². The van der Waals surface area contributed by atoms with Crippen LogP contribution in [0.15, 0.2) is 27.9 Å². The van der Waals surface area contributed by atoms with Gasteiger partial charge in [0.2, 0.25) is 11.6 Å². The number of carbonyl (C=O) groups excluding carboxylic acids is 1. The quantitative estimate of drug-likeness (QED) is 0.407. The third kappa shape index (κ3) is 4.59. The van der Waals surface area contributed by atoms with E-state index in [1.54, 1.807) is 18.2 Å². The van der Waals surface area contributed by atoms with E-state index in [1.165, 1.54) is 17.3 Å². The SMILES string of the molecule is CC1CCCCN1Cc1c(C(=O)N/N=C\c2c(Cl)cccc2Cl)nnn1-c1nonc1N. The maximum Gasteiger partial charge on any atom is 0.293 e. The van der Waals surface area contributed by atoms with E-state index >= 15 is 0 Å². The summed E-state index contributed by atoms with van der Waals surface area (Å²) < 4.78 is 6.07. The Morgan fingerprint density at radius 1 is 1.34 bits per heavy atom. The second kappa shape index (κ2) is 9.63. The van der Waals surface area contributed by atoms with Crippen LogP contribution < -0.4 is 11.2 Å². The molecule has 0 aliphatic carbocycles. The Balaban J connectivity index is 1.61. The van der Waals surface area contributed by atoms with Crippen molar-refractivity contribution in [3.05, 3.63) is 45.2 Å². The van der Waals surface area contributed by atoms with Gasteiger partial charge in [-0.1, -0.05) is 40.9 Å². The van der Waals surface area contributed by atoms with Crippen LogP contribution >= 0.6 is 23.2 Å². The molecular weight excluding hydrogens is 457 g/mol. The maximum atomic E-state index is 12.9. The molecule has 1 amide bonds. The molecule has 2 aromatic heterocycles. The first-order valence-electron chi connectivity index (χ1n) is 10.00. The number of hydrazone groups is 1. The maximum absolute atomic E-state index is 12.9. The lowest BCUT2D eigenvalue weighted by Gasteiger charge is -2.33. The number of nitrogen functional groups attached to an aromatic ring is 1. The molecule has 1 fully saturated rings. The van der Waals surface area contributed by atoms with Gasteiger partial charge >= 0.3 is 0 Å². The van der Waals surface area contributed by atoms with Crippen molar-refractivity contribution in [3.8, 4) is 5.82 Å². The molecule has 32 heavy (non-hydrogen) atoms. The molecule has 168 valence electrons.